The lowest BCUT2D eigenvalue weighted by Crippen LogP contribution is -2.42. The number of halogens is 2. The standard InChI is InChI=1S/C20H22F2N6O3S/c1-9-13(14(28-27-9)19-30-7-20(2,6-23)8-31-19)25-17(29)15-16(24)32-18(26-15)12-10(21)4-3-5-11(12)22/h3-5,19H,6-8,23-24H2,1-2H3,(H,25,29)(H,27,28). The Morgan fingerprint density at radius 3 is 2.62 bits per heavy atom. The molecule has 9 nitrogen and oxygen atoms in total. The van der Waals surface area contributed by atoms with E-state index in [1.807, 2.05) is 6.92 Å². The molecule has 6 N–H and O–H groups in total. The van der Waals surface area contributed by atoms with Gasteiger partial charge in [-0.1, -0.05) is 24.3 Å². The second-order valence-electron chi connectivity index (χ2n) is 7.85. The Balaban J connectivity index is 1.57. The monoisotopic (exact) mass is 464 g/mol. The zero-order chi connectivity index (χ0) is 23.0. The Bertz CT molecular complexity index is 1140. The third-order valence-electron chi connectivity index (χ3n) is 5.15. The quantitative estimate of drug-likeness (QED) is 0.455. The molecule has 12 heteroatoms. The van der Waals surface area contributed by atoms with E-state index in [0.29, 0.717) is 36.8 Å². The minimum Gasteiger partial charge on any atom is -0.389 e. The second-order valence-corrected chi connectivity index (χ2v) is 8.88. The van der Waals surface area contributed by atoms with Gasteiger partial charge >= 0.3 is 0 Å². The van der Waals surface area contributed by atoms with Gasteiger partial charge in [-0.25, -0.2) is 13.8 Å². The number of nitrogens with one attached hydrogen (secondary N) is 2. The molecule has 3 aromatic rings. The fraction of sp³-hybridized carbons (Fsp3) is 0.350. The van der Waals surface area contributed by atoms with Crippen LogP contribution in [0.1, 0.15) is 35.1 Å². The van der Waals surface area contributed by atoms with Crippen LogP contribution in [0.25, 0.3) is 10.6 Å². The summed E-state index contributed by atoms with van der Waals surface area (Å²) >= 11 is 0.817. The number of H-pyrrole nitrogens is 1. The average Bonchev–Trinajstić information content (AvgIpc) is 3.31. The number of ether oxygens (including phenoxy) is 2. The molecule has 1 saturated heterocycles. The van der Waals surface area contributed by atoms with Crippen LogP contribution in [0.3, 0.4) is 0 Å². The van der Waals surface area contributed by atoms with Crippen molar-refractivity contribution in [2.45, 2.75) is 20.1 Å². The van der Waals surface area contributed by atoms with Crippen molar-refractivity contribution < 1.29 is 23.0 Å². The molecule has 1 amide bonds. The first kappa shape index (κ1) is 22.3. The molecule has 0 bridgehead atoms. The van der Waals surface area contributed by atoms with Gasteiger partial charge in [-0.3, -0.25) is 9.89 Å². The molecule has 0 saturated carbocycles. The number of amides is 1. The summed E-state index contributed by atoms with van der Waals surface area (Å²) in [6, 6.07) is 3.46. The number of hydrogen-bond acceptors (Lipinski definition) is 8. The first-order valence-corrected chi connectivity index (χ1v) is 10.5. The Hall–Kier alpha value is -2.93. The highest BCUT2D eigenvalue weighted by Gasteiger charge is 2.35. The highest BCUT2D eigenvalue weighted by Crippen LogP contribution is 2.36. The van der Waals surface area contributed by atoms with E-state index in [4.69, 9.17) is 20.9 Å². The van der Waals surface area contributed by atoms with Gasteiger partial charge in [-0.15, -0.1) is 0 Å². The maximum absolute atomic E-state index is 14.1. The van der Waals surface area contributed by atoms with Crippen LogP contribution in [0.5, 0.6) is 0 Å². The number of nitrogen functional groups attached to an aromatic ring is 1. The van der Waals surface area contributed by atoms with Crippen LogP contribution in [0.4, 0.5) is 19.5 Å². The predicted octanol–water partition coefficient (Wildman–Crippen LogP) is 2.96. The van der Waals surface area contributed by atoms with Crippen molar-refractivity contribution >= 4 is 27.9 Å². The van der Waals surface area contributed by atoms with E-state index in [1.165, 1.54) is 6.07 Å². The van der Waals surface area contributed by atoms with Crippen molar-refractivity contribution in [3.63, 3.8) is 0 Å². The SMILES string of the molecule is Cc1n[nH]c(C2OCC(C)(CN)CO2)c1NC(=O)c1nc(-c2c(F)cccc2F)sc1N. The molecule has 0 unspecified atom stereocenters. The van der Waals surface area contributed by atoms with Gasteiger partial charge in [0, 0.05) is 12.0 Å². The molecule has 1 fully saturated rings. The van der Waals surface area contributed by atoms with E-state index in [9.17, 15) is 13.6 Å². The largest absolute Gasteiger partial charge is 0.389 e. The van der Waals surface area contributed by atoms with E-state index < -0.39 is 23.8 Å². The highest BCUT2D eigenvalue weighted by atomic mass is 32.1. The van der Waals surface area contributed by atoms with Crippen LogP contribution in [0.15, 0.2) is 18.2 Å². The van der Waals surface area contributed by atoms with Gasteiger partial charge < -0.3 is 26.3 Å². The second kappa shape index (κ2) is 8.54. The van der Waals surface area contributed by atoms with E-state index in [-0.39, 0.29) is 26.7 Å². The third kappa shape index (κ3) is 4.09. The average molecular weight is 464 g/mol. The summed E-state index contributed by atoms with van der Waals surface area (Å²) in [5.41, 5.74) is 12.2. The molecule has 0 atom stereocenters. The Morgan fingerprint density at radius 1 is 1.34 bits per heavy atom. The summed E-state index contributed by atoms with van der Waals surface area (Å²) in [4.78, 5) is 17.0. The van der Waals surface area contributed by atoms with E-state index >= 15 is 0 Å². The van der Waals surface area contributed by atoms with Crippen molar-refractivity contribution in [1.29, 1.82) is 0 Å². The van der Waals surface area contributed by atoms with Crippen LogP contribution in [-0.4, -0.2) is 40.8 Å². The Morgan fingerprint density at radius 2 is 2.00 bits per heavy atom. The number of nitrogens with zero attached hydrogens (tertiary/aromatic N) is 2. The summed E-state index contributed by atoms with van der Waals surface area (Å²) < 4.78 is 39.8. The number of carbonyl (C=O) groups excluding carboxylic acids is 1. The number of benzene rings is 1. The number of aromatic amines is 1. The molecule has 32 heavy (non-hydrogen) atoms. The number of anilines is 2. The number of rotatable bonds is 5. The van der Waals surface area contributed by atoms with Crippen LogP contribution >= 0.6 is 11.3 Å². The van der Waals surface area contributed by atoms with Crippen molar-refractivity contribution in [2.75, 3.05) is 30.8 Å². The summed E-state index contributed by atoms with van der Waals surface area (Å²) in [7, 11) is 0. The van der Waals surface area contributed by atoms with Crippen LogP contribution in [-0.2, 0) is 9.47 Å². The normalized spacial score (nSPS) is 21.0. The van der Waals surface area contributed by atoms with Crippen LogP contribution < -0.4 is 16.8 Å². The fourth-order valence-electron chi connectivity index (χ4n) is 3.18. The van der Waals surface area contributed by atoms with Crippen molar-refractivity contribution in [3.8, 4) is 10.6 Å². The van der Waals surface area contributed by atoms with Gasteiger partial charge in [0.25, 0.3) is 5.91 Å². The van der Waals surface area contributed by atoms with Gasteiger partial charge in [-0.05, 0) is 19.1 Å². The summed E-state index contributed by atoms with van der Waals surface area (Å²) in [6.07, 6.45) is -0.776. The first-order chi connectivity index (χ1) is 15.2. The number of aryl methyl sites for hydroxylation is 1. The summed E-state index contributed by atoms with van der Waals surface area (Å²) in [6.45, 7) is 4.78. The topological polar surface area (TPSA) is 141 Å². The van der Waals surface area contributed by atoms with Crippen molar-refractivity contribution in [2.24, 2.45) is 11.1 Å². The van der Waals surface area contributed by atoms with E-state index in [0.717, 1.165) is 23.5 Å². The number of thiazole rings is 1. The minimum absolute atomic E-state index is 0.0201. The first-order valence-electron chi connectivity index (χ1n) is 9.72. The van der Waals surface area contributed by atoms with E-state index in [1.54, 1.807) is 6.92 Å². The summed E-state index contributed by atoms with van der Waals surface area (Å²) in [5, 5.41) is 9.62. The van der Waals surface area contributed by atoms with Gasteiger partial charge in [0.05, 0.1) is 30.2 Å². The van der Waals surface area contributed by atoms with Gasteiger partial charge in [0.2, 0.25) is 6.29 Å². The molecule has 0 spiro atoms. The minimum atomic E-state index is -0.797. The van der Waals surface area contributed by atoms with Crippen molar-refractivity contribution in [3.05, 3.63) is 46.9 Å². The molecular weight excluding hydrogens is 442 g/mol. The highest BCUT2D eigenvalue weighted by molar-refractivity contribution is 7.19. The molecule has 4 rings (SSSR count). The predicted molar refractivity (Wildman–Crippen MR) is 115 cm³/mol. The van der Waals surface area contributed by atoms with Crippen molar-refractivity contribution in [1.82, 2.24) is 15.2 Å². The van der Waals surface area contributed by atoms with Crippen LogP contribution in [0, 0.1) is 24.0 Å². The number of nitrogens with two attached hydrogens (primary N) is 2. The van der Waals surface area contributed by atoms with E-state index in [2.05, 4.69) is 20.5 Å². The maximum Gasteiger partial charge on any atom is 0.277 e. The van der Waals surface area contributed by atoms with Gasteiger partial charge in [-0.2, -0.15) is 5.10 Å². The molecule has 0 aliphatic carbocycles. The lowest BCUT2D eigenvalue weighted by atomic mass is 9.92. The Kier molecular flexibility index (Phi) is 5.95. The zero-order valence-electron chi connectivity index (χ0n) is 17.4. The lowest BCUT2D eigenvalue weighted by molar-refractivity contribution is -0.229. The molecule has 1 aliphatic rings. The number of carbonyl (C=O) groups is 1. The van der Waals surface area contributed by atoms with Gasteiger partial charge in [0.15, 0.2) is 5.69 Å². The number of aromatic nitrogens is 3. The molecule has 1 aromatic carbocycles. The smallest absolute Gasteiger partial charge is 0.277 e. The third-order valence-corrected chi connectivity index (χ3v) is 6.06. The molecular formula is C20H22F2N6O3S. The van der Waals surface area contributed by atoms with Crippen LogP contribution in [0.2, 0.25) is 0 Å². The molecule has 2 aromatic heterocycles. The molecule has 1 aliphatic heterocycles. The van der Waals surface area contributed by atoms with Gasteiger partial charge in [0.1, 0.15) is 27.3 Å². The Labute approximate surface area is 186 Å². The summed E-state index contributed by atoms with van der Waals surface area (Å²) in [5.74, 6) is -2.25. The fourth-order valence-corrected chi connectivity index (χ4v) is 4.06. The maximum atomic E-state index is 14.1. The lowest BCUT2D eigenvalue weighted by Gasteiger charge is -2.36. The molecule has 0 radical (unpaired) electrons. The molecule has 3 heterocycles. The number of hydrogen-bond donors (Lipinski definition) is 4. The molecule has 170 valence electrons. The zero-order valence-corrected chi connectivity index (χ0v) is 18.2.